The van der Waals surface area contributed by atoms with Crippen LogP contribution in [0.4, 0.5) is 10.1 Å². The van der Waals surface area contributed by atoms with E-state index in [1.54, 1.807) is 35.2 Å². The van der Waals surface area contributed by atoms with Crippen molar-refractivity contribution in [2.45, 2.75) is 13.8 Å². The van der Waals surface area contributed by atoms with Gasteiger partial charge in [0.25, 0.3) is 11.8 Å². The molecule has 2 aromatic carbocycles. The van der Waals surface area contributed by atoms with Crippen LogP contribution in [0.5, 0.6) is 0 Å². The number of nitrogens with zero attached hydrogens (tertiary/aromatic N) is 1. The first-order valence-electron chi connectivity index (χ1n) is 8.52. The van der Waals surface area contributed by atoms with Gasteiger partial charge in [0.2, 0.25) is 0 Å². The highest BCUT2D eigenvalue weighted by atomic mass is 35.5. The van der Waals surface area contributed by atoms with Crippen LogP contribution in [0.1, 0.15) is 33.9 Å². The third-order valence-electron chi connectivity index (χ3n) is 4.24. The fourth-order valence-corrected chi connectivity index (χ4v) is 4.01. The third kappa shape index (κ3) is 3.96. The summed E-state index contributed by atoms with van der Waals surface area (Å²) in [6, 6.07) is 11.1. The highest BCUT2D eigenvalue weighted by Crippen LogP contribution is 2.29. The van der Waals surface area contributed by atoms with Crippen molar-refractivity contribution in [1.29, 1.82) is 0 Å². The van der Waals surface area contributed by atoms with E-state index in [1.807, 2.05) is 13.8 Å². The van der Waals surface area contributed by atoms with Gasteiger partial charge in [-0.25, -0.2) is 4.39 Å². The van der Waals surface area contributed by atoms with E-state index in [1.165, 1.54) is 23.5 Å². The highest BCUT2D eigenvalue weighted by molar-refractivity contribution is 7.20. The third-order valence-corrected chi connectivity index (χ3v) is 5.65. The van der Waals surface area contributed by atoms with Gasteiger partial charge in [0.15, 0.2) is 0 Å². The molecule has 0 radical (unpaired) electrons. The van der Waals surface area contributed by atoms with Crippen molar-refractivity contribution < 1.29 is 14.0 Å². The van der Waals surface area contributed by atoms with Gasteiger partial charge in [-0.15, -0.1) is 11.3 Å². The minimum Gasteiger partial charge on any atom is -0.339 e. The number of fused-ring (bicyclic) bond motifs is 1. The molecule has 1 N–H and O–H groups in total. The van der Waals surface area contributed by atoms with E-state index in [0.717, 1.165) is 0 Å². The predicted molar refractivity (Wildman–Crippen MR) is 108 cm³/mol. The average molecular weight is 405 g/mol. The van der Waals surface area contributed by atoms with Crippen LogP contribution in [0, 0.1) is 5.82 Å². The van der Waals surface area contributed by atoms with Crippen LogP contribution in [0.3, 0.4) is 0 Å². The van der Waals surface area contributed by atoms with E-state index in [-0.39, 0.29) is 22.7 Å². The van der Waals surface area contributed by atoms with Gasteiger partial charge in [0.05, 0.1) is 15.5 Å². The molecule has 1 aromatic heterocycles. The zero-order chi connectivity index (χ0) is 19.6. The van der Waals surface area contributed by atoms with Crippen molar-refractivity contribution in [3.8, 4) is 0 Å². The molecule has 2 amide bonds. The van der Waals surface area contributed by atoms with Crippen LogP contribution in [0.2, 0.25) is 5.02 Å². The van der Waals surface area contributed by atoms with Crippen molar-refractivity contribution in [2.24, 2.45) is 0 Å². The zero-order valence-electron chi connectivity index (χ0n) is 14.9. The summed E-state index contributed by atoms with van der Waals surface area (Å²) in [6.07, 6.45) is 0. The molecule has 0 aliphatic heterocycles. The number of hydrogen-bond acceptors (Lipinski definition) is 3. The molecular formula is C20H18ClFN2O2S. The topological polar surface area (TPSA) is 49.4 Å². The second kappa shape index (κ2) is 8.06. The largest absolute Gasteiger partial charge is 0.339 e. The van der Waals surface area contributed by atoms with E-state index in [4.69, 9.17) is 11.6 Å². The normalized spacial score (nSPS) is 10.8. The van der Waals surface area contributed by atoms with Gasteiger partial charge in [-0.1, -0.05) is 17.7 Å². The maximum atomic E-state index is 13.8. The lowest BCUT2D eigenvalue weighted by Gasteiger charge is -2.19. The monoisotopic (exact) mass is 404 g/mol. The molecule has 0 spiro atoms. The Morgan fingerprint density at radius 2 is 1.89 bits per heavy atom. The van der Waals surface area contributed by atoms with Gasteiger partial charge in [-0.3, -0.25) is 9.59 Å². The average Bonchev–Trinajstić information content (AvgIpc) is 3.08. The molecule has 0 aliphatic rings. The molecule has 140 valence electrons. The van der Waals surface area contributed by atoms with Gasteiger partial charge >= 0.3 is 0 Å². The van der Waals surface area contributed by atoms with Crippen LogP contribution in [0.25, 0.3) is 10.1 Å². The van der Waals surface area contributed by atoms with E-state index in [9.17, 15) is 14.0 Å². The van der Waals surface area contributed by atoms with Crippen LogP contribution in [-0.2, 0) is 0 Å². The Morgan fingerprint density at radius 3 is 2.52 bits per heavy atom. The Hall–Kier alpha value is -2.44. The number of hydrogen-bond donors (Lipinski definition) is 1. The Bertz CT molecular complexity index is 1010. The molecule has 0 aliphatic carbocycles. The fourth-order valence-electron chi connectivity index (χ4n) is 2.78. The van der Waals surface area contributed by atoms with Crippen molar-refractivity contribution in [1.82, 2.24) is 4.90 Å². The van der Waals surface area contributed by atoms with E-state index in [2.05, 4.69) is 5.32 Å². The van der Waals surface area contributed by atoms with Gasteiger partial charge < -0.3 is 10.2 Å². The summed E-state index contributed by atoms with van der Waals surface area (Å²) in [5, 5.41) is 3.44. The second-order valence-electron chi connectivity index (χ2n) is 5.89. The molecule has 1 heterocycles. The minimum absolute atomic E-state index is 0.150. The summed E-state index contributed by atoms with van der Waals surface area (Å²) in [7, 11) is 0. The molecule has 4 nitrogen and oxygen atoms in total. The number of thiophene rings is 1. The Balaban J connectivity index is 1.81. The molecule has 27 heavy (non-hydrogen) atoms. The Kier molecular flexibility index (Phi) is 5.77. The number of halogens is 2. The second-order valence-corrected chi connectivity index (χ2v) is 7.38. The van der Waals surface area contributed by atoms with Gasteiger partial charge in [-0.05, 0) is 50.2 Å². The quantitative estimate of drug-likeness (QED) is 0.616. The first-order valence-corrected chi connectivity index (χ1v) is 9.72. The van der Waals surface area contributed by atoms with Crippen molar-refractivity contribution >= 4 is 50.5 Å². The molecule has 0 fully saturated rings. The van der Waals surface area contributed by atoms with Crippen molar-refractivity contribution in [2.75, 3.05) is 18.4 Å². The van der Waals surface area contributed by atoms with Gasteiger partial charge in [-0.2, -0.15) is 0 Å². The molecule has 0 saturated carbocycles. The molecule has 0 unspecified atom stereocenters. The number of rotatable bonds is 5. The maximum Gasteiger partial charge on any atom is 0.265 e. The summed E-state index contributed by atoms with van der Waals surface area (Å²) in [4.78, 5) is 27.0. The maximum absolute atomic E-state index is 13.8. The smallest absolute Gasteiger partial charge is 0.265 e. The Morgan fingerprint density at radius 1 is 1.15 bits per heavy atom. The molecule has 0 atom stereocenters. The number of nitrogens with one attached hydrogen (secondary N) is 1. The first-order chi connectivity index (χ1) is 12.9. The first kappa shape index (κ1) is 19.3. The molecular weight excluding hydrogens is 387 g/mol. The number of benzene rings is 2. The summed E-state index contributed by atoms with van der Waals surface area (Å²) in [6.45, 7) is 4.98. The van der Waals surface area contributed by atoms with E-state index < -0.39 is 0 Å². The van der Waals surface area contributed by atoms with Gasteiger partial charge in [0, 0.05) is 28.9 Å². The van der Waals surface area contributed by atoms with Crippen LogP contribution in [-0.4, -0.2) is 29.8 Å². The number of carbonyl (C=O) groups is 2. The highest BCUT2D eigenvalue weighted by Gasteiger charge is 2.17. The summed E-state index contributed by atoms with van der Waals surface area (Å²) < 4.78 is 14.5. The van der Waals surface area contributed by atoms with E-state index in [0.29, 0.717) is 39.3 Å². The molecule has 0 bridgehead atoms. The van der Waals surface area contributed by atoms with Gasteiger partial charge in [0.1, 0.15) is 5.82 Å². The van der Waals surface area contributed by atoms with Crippen LogP contribution >= 0.6 is 22.9 Å². The van der Waals surface area contributed by atoms with Crippen molar-refractivity contribution in [3.05, 3.63) is 63.7 Å². The number of amides is 2. The van der Waals surface area contributed by atoms with Crippen LogP contribution in [0.15, 0.2) is 42.5 Å². The van der Waals surface area contributed by atoms with Crippen molar-refractivity contribution in [3.63, 3.8) is 0 Å². The SMILES string of the molecule is CCN(CC)C(=O)c1ccc(NC(=O)c2cc3c(F)cccc3s2)cc1Cl. The van der Waals surface area contributed by atoms with E-state index >= 15 is 0 Å². The lowest BCUT2D eigenvalue weighted by molar-refractivity contribution is 0.0773. The number of carbonyl (C=O) groups excluding carboxylic acids is 2. The summed E-state index contributed by atoms with van der Waals surface area (Å²) >= 11 is 7.47. The number of anilines is 1. The summed E-state index contributed by atoms with van der Waals surface area (Å²) in [5.41, 5.74) is 0.862. The summed E-state index contributed by atoms with van der Waals surface area (Å²) in [5.74, 6) is -0.859. The molecule has 3 aromatic rings. The molecule has 3 rings (SSSR count). The predicted octanol–water partition coefficient (Wildman–Crippen LogP) is 5.43. The lowest BCUT2D eigenvalue weighted by atomic mass is 10.1. The Labute approximate surface area is 165 Å². The van der Waals surface area contributed by atoms with Crippen LogP contribution < -0.4 is 5.32 Å². The fraction of sp³-hybridized carbons (Fsp3) is 0.200. The molecule has 7 heteroatoms. The minimum atomic E-state index is -0.356. The molecule has 0 saturated heterocycles. The zero-order valence-corrected chi connectivity index (χ0v) is 16.5. The lowest BCUT2D eigenvalue weighted by Crippen LogP contribution is -2.30. The standard InChI is InChI=1S/C20H18ClFN2O2S/c1-3-24(4-2)20(26)13-9-8-12(10-15(13)21)23-19(25)18-11-14-16(22)6-5-7-17(14)27-18/h5-11H,3-4H2,1-2H3,(H,23,25).